The van der Waals surface area contributed by atoms with Crippen LogP contribution in [-0.2, 0) is 7.05 Å². The molecule has 3 rings (SSSR count). The molecule has 0 atom stereocenters. The Morgan fingerprint density at radius 3 is 2.61 bits per heavy atom. The van der Waals surface area contributed by atoms with Crippen LogP contribution in [-0.4, -0.2) is 29.8 Å². The van der Waals surface area contributed by atoms with Crippen molar-refractivity contribution < 1.29 is 0 Å². The van der Waals surface area contributed by atoms with Crippen molar-refractivity contribution in [3.05, 3.63) is 41.3 Å². The van der Waals surface area contributed by atoms with Crippen molar-refractivity contribution in [2.24, 2.45) is 7.05 Å². The van der Waals surface area contributed by atoms with Gasteiger partial charge in [0.05, 0.1) is 11.9 Å². The molecule has 0 fully saturated rings. The monoisotopic (exact) mass is 304 g/mol. The quantitative estimate of drug-likeness (QED) is 0.724. The summed E-state index contributed by atoms with van der Waals surface area (Å²) in [4.78, 5) is 4.24. The molecular formula is C11H9BrN6. The summed E-state index contributed by atoms with van der Waals surface area (Å²) in [5.41, 5.74) is 1.64. The highest BCUT2D eigenvalue weighted by Crippen LogP contribution is 2.16. The summed E-state index contributed by atoms with van der Waals surface area (Å²) in [6.45, 7) is 0. The maximum atomic E-state index is 4.24. The van der Waals surface area contributed by atoms with Crippen molar-refractivity contribution in [3.8, 4) is 17.2 Å². The summed E-state index contributed by atoms with van der Waals surface area (Å²) in [6.07, 6.45) is 1.83. The minimum absolute atomic E-state index is 0.536. The highest BCUT2D eigenvalue weighted by atomic mass is 79.9. The number of nitrogens with zero attached hydrogens (tertiary/aromatic N) is 6. The first-order valence-electron chi connectivity index (χ1n) is 5.29. The van der Waals surface area contributed by atoms with Gasteiger partial charge in [-0.1, -0.05) is 23.4 Å². The lowest BCUT2D eigenvalue weighted by molar-refractivity contribution is 0.763. The van der Waals surface area contributed by atoms with Crippen molar-refractivity contribution in [1.82, 2.24) is 29.8 Å². The minimum atomic E-state index is 0.536. The molecule has 6 nitrogen and oxygen atoms in total. The maximum Gasteiger partial charge on any atom is 0.217 e. The average Bonchev–Trinajstić information content (AvgIpc) is 2.97. The second-order valence-electron chi connectivity index (χ2n) is 3.71. The van der Waals surface area contributed by atoms with Crippen molar-refractivity contribution in [2.75, 3.05) is 0 Å². The summed E-state index contributed by atoms with van der Waals surface area (Å²) < 4.78 is 3.90. The first-order valence-corrected chi connectivity index (χ1v) is 6.08. The molecule has 0 saturated carbocycles. The Bertz CT molecular complexity index is 672. The second kappa shape index (κ2) is 4.34. The molecule has 1 aromatic carbocycles. The summed E-state index contributed by atoms with van der Waals surface area (Å²) >= 11 is 3.23. The molecule has 0 aliphatic carbocycles. The van der Waals surface area contributed by atoms with Gasteiger partial charge in [0.2, 0.25) is 4.73 Å². The number of aromatic nitrogens is 6. The Hall–Kier alpha value is -2.02. The average molecular weight is 305 g/mol. The number of aryl methyl sites for hydroxylation is 1. The van der Waals surface area contributed by atoms with Gasteiger partial charge >= 0.3 is 0 Å². The van der Waals surface area contributed by atoms with Gasteiger partial charge in [-0.05, 0) is 28.1 Å². The van der Waals surface area contributed by atoms with E-state index in [0.717, 1.165) is 5.69 Å². The normalized spacial score (nSPS) is 10.8. The van der Waals surface area contributed by atoms with E-state index in [1.165, 1.54) is 0 Å². The van der Waals surface area contributed by atoms with Crippen molar-refractivity contribution in [1.29, 1.82) is 0 Å². The summed E-state index contributed by atoms with van der Waals surface area (Å²) in [6, 6.07) is 9.79. The van der Waals surface area contributed by atoms with E-state index in [1.807, 2.05) is 43.6 Å². The molecule has 18 heavy (non-hydrogen) atoms. The number of halogens is 1. The van der Waals surface area contributed by atoms with E-state index >= 15 is 0 Å². The van der Waals surface area contributed by atoms with Crippen LogP contribution in [0.1, 0.15) is 0 Å². The zero-order valence-corrected chi connectivity index (χ0v) is 11.1. The zero-order chi connectivity index (χ0) is 12.5. The number of para-hydroxylation sites is 1. The third-order valence-corrected chi connectivity index (χ3v) is 2.82. The fourth-order valence-electron chi connectivity index (χ4n) is 1.65. The standard InChI is InChI=1S/C11H9BrN6/c1-17-10(13-11(12)15-17)9-7-18(16-14-9)8-5-3-2-4-6-8/h2-7H,1H3. The van der Waals surface area contributed by atoms with Crippen LogP contribution in [0.5, 0.6) is 0 Å². The van der Waals surface area contributed by atoms with Gasteiger partial charge in [0.15, 0.2) is 11.5 Å². The van der Waals surface area contributed by atoms with Crippen molar-refractivity contribution in [3.63, 3.8) is 0 Å². The van der Waals surface area contributed by atoms with Crippen LogP contribution in [0.15, 0.2) is 41.3 Å². The van der Waals surface area contributed by atoms with Crippen LogP contribution in [0.3, 0.4) is 0 Å². The zero-order valence-electron chi connectivity index (χ0n) is 9.53. The summed E-state index contributed by atoms with van der Waals surface area (Å²) in [5.74, 6) is 0.670. The second-order valence-corrected chi connectivity index (χ2v) is 4.42. The van der Waals surface area contributed by atoms with Gasteiger partial charge in [-0.2, -0.15) is 4.98 Å². The third kappa shape index (κ3) is 1.92. The molecule has 0 aliphatic rings. The topological polar surface area (TPSA) is 61.4 Å². The van der Waals surface area contributed by atoms with Crippen molar-refractivity contribution in [2.45, 2.75) is 0 Å². The molecule has 0 unspecified atom stereocenters. The molecule has 90 valence electrons. The molecular weight excluding hydrogens is 296 g/mol. The smallest absolute Gasteiger partial charge is 0.217 e. The molecule has 2 aromatic heterocycles. The fraction of sp³-hybridized carbons (Fsp3) is 0.0909. The molecule has 0 saturated heterocycles. The minimum Gasteiger partial charge on any atom is -0.246 e. The van der Waals surface area contributed by atoms with E-state index in [2.05, 4.69) is 36.3 Å². The van der Waals surface area contributed by atoms with Crippen LogP contribution in [0, 0.1) is 0 Å². The molecule has 0 N–H and O–H groups in total. The lowest BCUT2D eigenvalue weighted by atomic mass is 10.3. The molecule has 0 spiro atoms. The van der Waals surface area contributed by atoms with E-state index in [9.17, 15) is 0 Å². The molecule has 3 aromatic rings. The van der Waals surface area contributed by atoms with Gasteiger partial charge in [0, 0.05) is 7.05 Å². The highest BCUT2D eigenvalue weighted by Gasteiger charge is 2.12. The third-order valence-electron chi connectivity index (χ3n) is 2.48. The number of rotatable bonds is 2. The lowest BCUT2D eigenvalue weighted by Gasteiger charge is -1.97. The van der Waals surface area contributed by atoms with E-state index < -0.39 is 0 Å². The van der Waals surface area contributed by atoms with Crippen molar-refractivity contribution >= 4 is 15.9 Å². The van der Waals surface area contributed by atoms with Gasteiger partial charge in [0.25, 0.3) is 0 Å². The number of hydrogen-bond acceptors (Lipinski definition) is 4. The molecule has 7 heteroatoms. The first kappa shape index (κ1) is 11.1. The Labute approximate surface area is 111 Å². The van der Waals surface area contributed by atoms with Crippen LogP contribution in [0.4, 0.5) is 0 Å². The van der Waals surface area contributed by atoms with Crippen LogP contribution in [0.25, 0.3) is 17.2 Å². The van der Waals surface area contributed by atoms with Gasteiger partial charge in [-0.3, -0.25) is 0 Å². The van der Waals surface area contributed by atoms with E-state index in [-0.39, 0.29) is 0 Å². The van der Waals surface area contributed by atoms with Crippen LogP contribution in [0.2, 0.25) is 0 Å². The maximum absolute atomic E-state index is 4.24. The predicted molar refractivity (Wildman–Crippen MR) is 69.1 cm³/mol. The fourth-order valence-corrected chi connectivity index (χ4v) is 2.06. The Morgan fingerprint density at radius 2 is 1.94 bits per heavy atom. The SMILES string of the molecule is Cn1nc(Br)nc1-c1cn(-c2ccccc2)nn1. The van der Waals surface area contributed by atoms with E-state index in [4.69, 9.17) is 0 Å². The van der Waals surface area contributed by atoms with Gasteiger partial charge in [0.1, 0.15) is 0 Å². The molecule has 0 amide bonds. The van der Waals surface area contributed by atoms with E-state index in [0.29, 0.717) is 16.3 Å². The van der Waals surface area contributed by atoms with Gasteiger partial charge < -0.3 is 0 Å². The van der Waals surface area contributed by atoms with Crippen LogP contribution < -0.4 is 0 Å². The Balaban J connectivity index is 2.02. The summed E-state index contributed by atoms with van der Waals surface area (Å²) in [5, 5.41) is 12.3. The Morgan fingerprint density at radius 1 is 1.17 bits per heavy atom. The molecule has 0 bridgehead atoms. The summed E-state index contributed by atoms with van der Waals surface area (Å²) in [7, 11) is 1.81. The number of hydrogen-bond donors (Lipinski definition) is 0. The van der Waals surface area contributed by atoms with E-state index in [1.54, 1.807) is 9.36 Å². The first-order chi connectivity index (χ1) is 8.74. The highest BCUT2D eigenvalue weighted by molar-refractivity contribution is 9.10. The molecule has 2 heterocycles. The van der Waals surface area contributed by atoms with Gasteiger partial charge in [-0.25, -0.2) is 9.36 Å². The molecule has 0 radical (unpaired) electrons. The van der Waals surface area contributed by atoms with Crippen LogP contribution >= 0.6 is 15.9 Å². The lowest BCUT2D eigenvalue weighted by Crippen LogP contribution is -1.94. The molecule has 0 aliphatic heterocycles. The number of benzene rings is 1. The Kier molecular flexibility index (Phi) is 2.67. The predicted octanol–water partition coefficient (Wildman–Crippen LogP) is 1.83. The van der Waals surface area contributed by atoms with Gasteiger partial charge in [-0.15, -0.1) is 10.2 Å². The largest absolute Gasteiger partial charge is 0.246 e.